The molecule has 0 fully saturated rings. The molecule has 97 valence electrons. The first-order valence-corrected chi connectivity index (χ1v) is 5.83. The van der Waals surface area contributed by atoms with Crippen LogP contribution in [0.25, 0.3) is 0 Å². The molecule has 0 aliphatic rings. The normalized spacial score (nSPS) is 11.2. The first-order chi connectivity index (χ1) is 8.19. The number of benzene rings is 1. The molecular weight excluding hydrogens is 425 g/mol. The summed E-state index contributed by atoms with van der Waals surface area (Å²) < 4.78 is 19.6. The molecule has 0 saturated carbocycles. The van der Waals surface area contributed by atoms with E-state index in [9.17, 15) is 4.39 Å². The smallest absolute Gasteiger partial charge is 0.196 e. The maximum absolute atomic E-state index is 13.0. The molecule has 0 atom stereocenters. The number of thiazole rings is 1. The fourth-order valence-electron chi connectivity index (χ4n) is 1.41. The molecule has 1 heterocycles. The SMILES string of the molecule is CO[CH-]c1cccc(N=c2sc(F)cn2C)c1.[Re]. The van der Waals surface area contributed by atoms with Crippen molar-refractivity contribution in [2.24, 2.45) is 12.0 Å². The van der Waals surface area contributed by atoms with Crippen LogP contribution in [0.2, 0.25) is 0 Å². The summed E-state index contributed by atoms with van der Waals surface area (Å²) in [5.41, 5.74) is 1.70. The molecule has 0 aliphatic heterocycles. The number of nitrogens with zero attached hydrogens (tertiary/aromatic N) is 2. The summed E-state index contributed by atoms with van der Waals surface area (Å²) in [7, 11) is 3.36. The zero-order chi connectivity index (χ0) is 12.3. The summed E-state index contributed by atoms with van der Waals surface area (Å²) in [6.07, 6.45) is 1.41. The molecule has 0 unspecified atom stereocenters. The standard InChI is InChI=1S/C12H12FN2OS.Re/c1-15-7-11(13)17-12(15)14-10-5-3-4-9(6-10)8-16-2;/h3-8H,1-2H3;/q-1;. The zero-order valence-corrected chi connectivity index (χ0v) is 13.5. The van der Waals surface area contributed by atoms with Gasteiger partial charge in [0.1, 0.15) is 0 Å². The molecule has 0 N–H and O–H groups in total. The van der Waals surface area contributed by atoms with Crippen molar-refractivity contribution in [2.75, 3.05) is 7.11 Å². The summed E-state index contributed by atoms with van der Waals surface area (Å²) in [4.78, 5) is 4.99. The molecule has 3 nitrogen and oxygen atoms in total. The van der Waals surface area contributed by atoms with Gasteiger partial charge in [0.15, 0.2) is 9.93 Å². The number of methoxy groups -OCH3 is 1. The number of ether oxygens (including phenoxy) is 1. The molecule has 1 aromatic carbocycles. The minimum absolute atomic E-state index is 0. The Balaban J connectivity index is 0.00000162. The van der Waals surface area contributed by atoms with Crippen LogP contribution in [0, 0.1) is 11.7 Å². The Morgan fingerprint density at radius 2 is 2.22 bits per heavy atom. The van der Waals surface area contributed by atoms with Crippen molar-refractivity contribution in [1.29, 1.82) is 0 Å². The van der Waals surface area contributed by atoms with Crippen molar-refractivity contribution in [3.63, 3.8) is 0 Å². The first kappa shape index (κ1) is 15.1. The molecule has 0 spiro atoms. The summed E-state index contributed by atoms with van der Waals surface area (Å²) in [5.74, 6) is 0. The Bertz CT molecular complexity index is 579. The van der Waals surface area contributed by atoms with Gasteiger partial charge in [-0.1, -0.05) is 24.0 Å². The molecule has 6 heteroatoms. The Morgan fingerprint density at radius 1 is 1.44 bits per heavy atom. The van der Waals surface area contributed by atoms with Gasteiger partial charge in [-0.25, -0.2) is 4.99 Å². The first-order valence-electron chi connectivity index (χ1n) is 5.02. The number of halogens is 1. The largest absolute Gasteiger partial charge is 0.417 e. The van der Waals surface area contributed by atoms with E-state index in [4.69, 9.17) is 4.74 Å². The van der Waals surface area contributed by atoms with Gasteiger partial charge in [0.05, 0.1) is 6.20 Å². The van der Waals surface area contributed by atoms with Gasteiger partial charge in [-0.2, -0.15) is 16.0 Å². The number of aromatic nitrogens is 1. The van der Waals surface area contributed by atoms with Crippen LogP contribution in [-0.2, 0) is 32.2 Å². The molecule has 0 bridgehead atoms. The van der Waals surface area contributed by atoms with Crippen molar-refractivity contribution < 1.29 is 29.6 Å². The average Bonchev–Trinajstić information content (AvgIpc) is 2.58. The molecule has 1 aromatic heterocycles. The molecule has 0 amide bonds. The van der Waals surface area contributed by atoms with E-state index in [1.807, 2.05) is 24.3 Å². The number of hydrogen-bond donors (Lipinski definition) is 0. The van der Waals surface area contributed by atoms with Crippen molar-refractivity contribution in [2.45, 2.75) is 0 Å². The van der Waals surface area contributed by atoms with Gasteiger partial charge in [-0.15, -0.1) is 12.1 Å². The minimum atomic E-state index is -0.245. The van der Waals surface area contributed by atoms with E-state index in [1.54, 1.807) is 25.3 Å². The van der Waals surface area contributed by atoms with E-state index < -0.39 is 0 Å². The predicted octanol–water partition coefficient (Wildman–Crippen LogP) is 2.61. The Morgan fingerprint density at radius 3 is 2.83 bits per heavy atom. The van der Waals surface area contributed by atoms with Gasteiger partial charge in [0, 0.05) is 40.3 Å². The van der Waals surface area contributed by atoms with E-state index in [-0.39, 0.29) is 25.6 Å². The predicted molar refractivity (Wildman–Crippen MR) is 65.3 cm³/mol. The summed E-state index contributed by atoms with van der Waals surface area (Å²) in [6.45, 7) is 1.63. The van der Waals surface area contributed by atoms with Gasteiger partial charge >= 0.3 is 0 Å². The maximum Gasteiger partial charge on any atom is 0.196 e. The third kappa shape index (κ3) is 3.79. The van der Waals surface area contributed by atoms with Crippen LogP contribution in [0.3, 0.4) is 0 Å². The Kier molecular flexibility index (Phi) is 5.77. The quantitative estimate of drug-likeness (QED) is 0.679. The zero-order valence-electron chi connectivity index (χ0n) is 9.93. The van der Waals surface area contributed by atoms with E-state index in [0.29, 0.717) is 4.80 Å². The second kappa shape index (κ2) is 6.86. The van der Waals surface area contributed by atoms with Crippen molar-refractivity contribution in [3.05, 3.63) is 52.6 Å². The molecule has 1 radical (unpaired) electrons. The van der Waals surface area contributed by atoms with Crippen molar-refractivity contribution >= 4 is 17.0 Å². The van der Waals surface area contributed by atoms with Crippen LogP contribution in [0.15, 0.2) is 35.5 Å². The monoisotopic (exact) mass is 438 g/mol. The summed E-state index contributed by atoms with van der Waals surface area (Å²) in [5, 5.41) is -0.245. The summed E-state index contributed by atoms with van der Waals surface area (Å²) in [6, 6.07) is 7.54. The van der Waals surface area contributed by atoms with Crippen LogP contribution < -0.4 is 4.80 Å². The topological polar surface area (TPSA) is 26.5 Å². The van der Waals surface area contributed by atoms with Gasteiger partial charge in [0.25, 0.3) is 0 Å². The number of hydrogen-bond acceptors (Lipinski definition) is 3. The van der Waals surface area contributed by atoms with Crippen LogP contribution in [0.1, 0.15) is 5.56 Å². The van der Waals surface area contributed by atoms with E-state index >= 15 is 0 Å². The van der Waals surface area contributed by atoms with E-state index in [0.717, 1.165) is 22.6 Å². The van der Waals surface area contributed by atoms with Crippen LogP contribution >= 0.6 is 11.3 Å². The molecule has 2 aromatic rings. The Labute approximate surface area is 123 Å². The molecule has 18 heavy (non-hydrogen) atoms. The average molecular weight is 438 g/mol. The number of rotatable bonds is 3. The van der Waals surface area contributed by atoms with Crippen LogP contribution in [0.4, 0.5) is 10.1 Å². The molecular formula is C12H12FN2OReS-. The second-order valence-electron chi connectivity index (χ2n) is 3.49. The molecule has 0 saturated heterocycles. The van der Waals surface area contributed by atoms with Crippen molar-refractivity contribution in [1.82, 2.24) is 4.57 Å². The van der Waals surface area contributed by atoms with Crippen LogP contribution in [-0.4, -0.2) is 11.7 Å². The third-order valence-electron chi connectivity index (χ3n) is 2.13. The van der Waals surface area contributed by atoms with Crippen molar-refractivity contribution in [3.8, 4) is 0 Å². The minimum Gasteiger partial charge on any atom is -0.417 e. The fraction of sp³-hybridized carbons (Fsp3) is 0.167. The Hall–Kier alpha value is -0.928. The second-order valence-corrected chi connectivity index (χ2v) is 4.45. The molecule has 2 rings (SSSR count). The summed E-state index contributed by atoms with van der Waals surface area (Å²) >= 11 is 1.02. The third-order valence-corrected chi connectivity index (χ3v) is 3.00. The maximum atomic E-state index is 13.0. The van der Waals surface area contributed by atoms with Gasteiger partial charge in [0.2, 0.25) is 0 Å². The van der Waals surface area contributed by atoms with Gasteiger partial charge < -0.3 is 9.30 Å². The van der Waals surface area contributed by atoms with Gasteiger partial charge in [-0.05, 0) is 0 Å². The van der Waals surface area contributed by atoms with E-state index in [1.165, 1.54) is 6.20 Å². The van der Waals surface area contributed by atoms with Crippen LogP contribution in [0.5, 0.6) is 0 Å². The van der Waals surface area contributed by atoms with Gasteiger partial charge in [-0.3, -0.25) is 0 Å². The van der Waals surface area contributed by atoms with E-state index in [2.05, 4.69) is 4.99 Å². The number of aryl methyl sites for hydroxylation is 1. The fourth-order valence-corrected chi connectivity index (χ4v) is 2.14. The molecule has 0 aliphatic carbocycles.